The first-order valence-corrected chi connectivity index (χ1v) is 6.51. The summed E-state index contributed by atoms with van der Waals surface area (Å²) in [5.74, 6) is 0.715. The summed E-state index contributed by atoms with van der Waals surface area (Å²) >= 11 is 0. The molecule has 0 spiro atoms. The molecule has 0 aromatic carbocycles. The van der Waals surface area contributed by atoms with Gasteiger partial charge in [0.1, 0.15) is 6.61 Å². The van der Waals surface area contributed by atoms with E-state index >= 15 is 0 Å². The molecule has 1 N–H and O–H groups in total. The van der Waals surface area contributed by atoms with Crippen molar-refractivity contribution in [3.8, 4) is 0 Å². The zero-order valence-corrected chi connectivity index (χ0v) is 10.9. The summed E-state index contributed by atoms with van der Waals surface area (Å²) in [6.45, 7) is 3.02. The van der Waals surface area contributed by atoms with E-state index in [1.165, 1.54) is 12.8 Å². The molecule has 0 bridgehead atoms. The summed E-state index contributed by atoms with van der Waals surface area (Å²) in [4.78, 5) is 2.19. The average Bonchev–Trinajstić information content (AvgIpc) is 2.28. The highest BCUT2D eigenvalue weighted by atomic mass is 19.4. The number of ether oxygens (including phenoxy) is 1. The van der Waals surface area contributed by atoms with Gasteiger partial charge in [0.05, 0.1) is 0 Å². The fraction of sp³-hybridized carbons (Fsp3) is 1.00. The minimum absolute atomic E-state index is 0.177. The monoisotopic (exact) mass is 268 g/mol. The molecule has 1 aliphatic heterocycles. The number of piperidine rings is 1. The maximum atomic E-state index is 11.8. The summed E-state index contributed by atoms with van der Waals surface area (Å²) in [5.41, 5.74) is 0. The predicted molar refractivity (Wildman–Crippen MR) is 64.6 cm³/mol. The Hall–Kier alpha value is -0.330. The average molecular weight is 268 g/mol. The first-order chi connectivity index (χ1) is 8.47. The lowest BCUT2D eigenvalue weighted by molar-refractivity contribution is -0.174. The van der Waals surface area contributed by atoms with Crippen LogP contribution < -0.4 is 5.32 Å². The summed E-state index contributed by atoms with van der Waals surface area (Å²) in [7, 11) is 2.02. The van der Waals surface area contributed by atoms with Crippen LogP contribution in [0.4, 0.5) is 13.2 Å². The number of rotatable bonds is 7. The fourth-order valence-electron chi connectivity index (χ4n) is 2.22. The van der Waals surface area contributed by atoms with Crippen molar-refractivity contribution in [2.75, 3.05) is 46.4 Å². The summed E-state index contributed by atoms with van der Waals surface area (Å²) in [5, 5.41) is 3.32. The van der Waals surface area contributed by atoms with Gasteiger partial charge in [0.2, 0.25) is 0 Å². The Bertz CT molecular complexity index is 218. The van der Waals surface area contributed by atoms with Crippen LogP contribution in [-0.2, 0) is 4.74 Å². The maximum absolute atomic E-state index is 11.8. The molecule has 0 aliphatic carbocycles. The van der Waals surface area contributed by atoms with Gasteiger partial charge in [-0.3, -0.25) is 0 Å². The van der Waals surface area contributed by atoms with Crippen LogP contribution in [0.3, 0.4) is 0 Å². The van der Waals surface area contributed by atoms with Gasteiger partial charge in [0.15, 0.2) is 0 Å². The molecule has 1 aliphatic rings. The molecule has 0 aromatic heterocycles. The number of nitrogens with one attached hydrogen (secondary N) is 1. The molecule has 0 unspecified atom stereocenters. The standard InChI is InChI=1S/C12H23F3N2O/c1-17(9-11-3-5-16-6-4-11)7-2-8-18-10-12(13,14)15/h11,16H,2-10H2,1H3. The third kappa shape index (κ3) is 7.89. The van der Waals surface area contributed by atoms with Crippen LogP contribution in [0.2, 0.25) is 0 Å². The van der Waals surface area contributed by atoms with E-state index in [0.717, 1.165) is 26.2 Å². The Kier molecular flexibility index (Phi) is 6.96. The van der Waals surface area contributed by atoms with Crippen molar-refractivity contribution in [2.24, 2.45) is 5.92 Å². The Labute approximate surface area is 107 Å². The van der Waals surface area contributed by atoms with Gasteiger partial charge < -0.3 is 15.0 Å². The number of halogens is 3. The van der Waals surface area contributed by atoms with Crippen LogP contribution in [-0.4, -0.2) is 57.5 Å². The van der Waals surface area contributed by atoms with Gasteiger partial charge in [-0.25, -0.2) is 0 Å². The van der Waals surface area contributed by atoms with E-state index in [4.69, 9.17) is 0 Å². The van der Waals surface area contributed by atoms with Gasteiger partial charge >= 0.3 is 6.18 Å². The van der Waals surface area contributed by atoms with Crippen LogP contribution in [0.25, 0.3) is 0 Å². The molecule has 108 valence electrons. The second-order valence-corrected chi connectivity index (χ2v) is 4.98. The van der Waals surface area contributed by atoms with Gasteiger partial charge in [0.25, 0.3) is 0 Å². The van der Waals surface area contributed by atoms with E-state index in [1.807, 2.05) is 7.05 Å². The van der Waals surface area contributed by atoms with Gasteiger partial charge in [-0.2, -0.15) is 13.2 Å². The highest BCUT2D eigenvalue weighted by Crippen LogP contribution is 2.15. The minimum atomic E-state index is -4.21. The summed E-state index contributed by atoms with van der Waals surface area (Å²) in [6, 6.07) is 0. The Morgan fingerprint density at radius 2 is 1.94 bits per heavy atom. The number of alkyl halides is 3. The fourth-order valence-corrected chi connectivity index (χ4v) is 2.22. The highest BCUT2D eigenvalue weighted by molar-refractivity contribution is 4.71. The van der Waals surface area contributed by atoms with Crippen molar-refractivity contribution < 1.29 is 17.9 Å². The molecule has 1 saturated heterocycles. The second kappa shape index (κ2) is 7.96. The summed E-state index contributed by atoms with van der Waals surface area (Å²) < 4.78 is 40.0. The molecule has 0 radical (unpaired) electrons. The molecule has 0 aromatic rings. The molecule has 3 nitrogen and oxygen atoms in total. The molecule has 1 fully saturated rings. The Morgan fingerprint density at radius 3 is 2.56 bits per heavy atom. The third-order valence-corrected chi connectivity index (χ3v) is 3.12. The number of nitrogens with zero attached hydrogens (tertiary/aromatic N) is 1. The zero-order valence-electron chi connectivity index (χ0n) is 10.9. The molecule has 6 heteroatoms. The normalized spacial score (nSPS) is 18.5. The third-order valence-electron chi connectivity index (χ3n) is 3.12. The van der Waals surface area contributed by atoms with Crippen LogP contribution in [0, 0.1) is 5.92 Å². The largest absolute Gasteiger partial charge is 0.411 e. The quantitative estimate of drug-likeness (QED) is 0.714. The summed E-state index contributed by atoms with van der Waals surface area (Å²) in [6.07, 6.45) is -1.18. The van der Waals surface area contributed by atoms with E-state index in [1.54, 1.807) is 0 Å². The van der Waals surface area contributed by atoms with Crippen LogP contribution >= 0.6 is 0 Å². The van der Waals surface area contributed by atoms with Gasteiger partial charge in [-0.05, 0) is 45.3 Å². The molecular weight excluding hydrogens is 245 g/mol. The molecule has 1 heterocycles. The first-order valence-electron chi connectivity index (χ1n) is 6.51. The zero-order chi connectivity index (χ0) is 13.4. The van der Waals surface area contributed by atoms with Crippen molar-refractivity contribution in [2.45, 2.75) is 25.4 Å². The van der Waals surface area contributed by atoms with Crippen LogP contribution in [0.15, 0.2) is 0 Å². The highest BCUT2D eigenvalue weighted by Gasteiger charge is 2.27. The lowest BCUT2D eigenvalue weighted by Crippen LogP contribution is -2.35. The molecule has 0 atom stereocenters. The van der Waals surface area contributed by atoms with E-state index in [9.17, 15) is 13.2 Å². The topological polar surface area (TPSA) is 24.5 Å². The Morgan fingerprint density at radius 1 is 1.28 bits per heavy atom. The SMILES string of the molecule is CN(CCCOCC(F)(F)F)CC1CCNCC1. The van der Waals surface area contributed by atoms with Crippen molar-refractivity contribution in [1.82, 2.24) is 10.2 Å². The number of hydrogen-bond acceptors (Lipinski definition) is 3. The molecular formula is C12H23F3N2O. The molecule has 0 saturated carbocycles. The van der Waals surface area contributed by atoms with E-state index in [2.05, 4.69) is 15.0 Å². The van der Waals surface area contributed by atoms with Crippen molar-refractivity contribution in [3.05, 3.63) is 0 Å². The second-order valence-electron chi connectivity index (χ2n) is 4.98. The Balaban J connectivity index is 1.97. The molecule has 18 heavy (non-hydrogen) atoms. The number of hydrogen-bond donors (Lipinski definition) is 1. The first kappa shape index (κ1) is 15.7. The van der Waals surface area contributed by atoms with E-state index in [0.29, 0.717) is 12.3 Å². The smallest absolute Gasteiger partial charge is 0.372 e. The van der Waals surface area contributed by atoms with Crippen molar-refractivity contribution >= 4 is 0 Å². The van der Waals surface area contributed by atoms with Gasteiger partial charge in [0, 0.05) is 19.7 Å². The predicted octanol–water partition coefficient (Wildman–Crippen LogP) is 1.89. The molecule has 0 amide bonds. The lowest BCUT2D eigenvalue weighted by atomic mass is 9.98. The van der Waals surface area contributed by atoms with Gasteiger partial charge in [-0.1, -0.05) is 0 Å². The van der Waals surface area contributed by atoms with Crippen molar-refractivity contribution in [3.63, 3.8) is 0 Å². The van der Waals surface area contributed by atoms with E-state index < -0.39 is 12.8 Å². The van der Waals surface area contributed by atoms with Crippen LogP contribution in [0.5, 0.6) is 0 Å². The van der Waals surface area contributed by atoms with E-state index in [-0.39, 0.29) is 6.61 Å². The van der Waals surface area contributed by atoms with Crippen LogP contribution in [0.1, 0.15) is 19.3 Å². The van der Waals surface area contributed by atoms with Gasteiger partial charge in [-0.15, -0.1) is 0 Å². The maximum Gasteiger partial charge on any atom is 0.411 e. The van der Waals surface area contributed by atoms with Crippen molar-refractivity contribution in [1.29, 1.82) is 0 Å². The molecule has 1 rings (SSSR count). The minimum Gasteiger partial charge on any atom is -0.372 e. The lowest BCUT2D eigenvalue weighted by Gasteiger charge is -2.27.